The van der Waals surface area contributed by atoms with E-state index in [2.05, 4.69) is 5.32 Å². The molecule has 0 spiro atoms. The van der Waals surface area contributed by atoms with Crippen molar-refractivity contribution in [2.24, 2.45) is 0 Å². The SMILES string of the molecule is CCNC(=O)[C@H](C)N(Cc1ccc(Cl)cc1)C(=O)CN(c1ccccc1CC)S(C)(=O)=O. The Labute approximate surface area is 195 Å². The molecule has 0 saturated heterocycles. The van der Waals surface area contributed by atoms with Crippen molar-refractivity contribution in [2.75, 3.05) is 23.7 Å². The fraction of sp³-hybridized carbons (Fsp3) is 0.391. The number of sulfonamides is 1. The molecule has 0 aromatic heterocycles. The number of amides is 2. The number of para-hydroxylation sites is 1. The molecule has 9 heteroatoms. The van der Waals surface area contributed by atoms with Crippen molar-refractivity contribution in [3.63, 3.8) is 0 Å². The number of carbonyl (C=O) groups excluding carboxylic acids is 2. The van der Waals surface area contributed by atoms with Crippen LogP contribution in [0.1, 0.15) is 31.9 Å². The molecule has 0 saturated carbocycles. The predicted octanol–water partition coefficient (Wildman–Crippen LogP) is 3.22. The Balaban J connectivity index is 2.41. The van der Waals surface area contributed by atoms with E-state index in [1.165, 1.54) is 4.90 Å². The van der Waals surface area contributed by atoms with Crippen LogP contribution in [0.3, 0.4) is 0 Å². The van der Waals surface area contributed by atoms with Gasteiger partial charge < -0.3 is 10.2 Å². The average molecular weight is 480 g/mol. The maximum absolute atomic E-state index is 13.4. The Bertz CT molecular complexity index is 1040. The van der Waals surface area contributed by atoms with Crippen LogP contribution in [0.2, 0.25) is 5.02 Å². The summed E-state index contributed by atoms with van der Waals surface area (Å²) in [5, 5.41) is 3.28. The lowest BCUT2D eigenvalue weighted by Crippen LogP contribution is -2.51. The minimum atomic E-state index is -3.75. The second-order valence-electron chi connectivity index (χ2n) is 7.47. The van der Waals surface area contributed by atoms with Gasteiger partial charge in [-0.05, 0) is 49.6 Å². The average Bonchev–Trinajstić information content (AvgIpc) is 2.75. The van der Waals surface area contributed by atoms with Crippen LogP contribution in [0.4, 0.5) is 5.69 Å². The normalized spacial score (nSPS) is 12.2. The van der Waals surface area contributed by atoms with Gasteiger partial charge in [0.15, 0.2) is 0 Å². The molecule has 32 heavy (non-hydrogen) atoms. The lowest BCUT2D eigenvalue weighted by molar-refractivity contribution is -0.139. The molecule has 2 rings (SSSR count). The molecule has 0 radical (unpaired) electrons. The van der Waals surface area contributed by atoms with Gasteiger partial charge >= 0.3 is 0 Å². The van der Waals surface area contributed by atoms with Gasteiger partial charge in [-0.25, -0.2) is 8.42 Å². The molecule has 1 atom stereocenters. The van der Waals surface area contributed by atoms with Crippen LogP contribution in [0.5, 0.6) is 0 Å². The first kappa shape index (κ1) is 25.7. The van der Waals surface area contributed by atoms with Crippen molar-refractivity contribution in [3.05, 3.63) is 64.7 Å². The van der Waals surface area contributed by atoms with Crippen LogP contribution >= 0.6 is 11.6 Å². The number of nitrogens with one attached hydrogen (secondary N) is 1. The molecule has 0 fully saturated rings. The molecule has 0 aliphatic carbocycles. The Morgan fingerprint density at radius 2 is 1.69 bits per heavy atom. The van der Waals surface area contributed by atoms with E-state index >= 15 is 0 Å². The smallest absolute Gasteiger partial charge is 0.244 e. The Morgan fingerprint density at radius 3 is 2.25 bits per heavy atom. The van der Waals surface area contributed by atoms with E-state index in [1.807, 2.05) is 19.1 Å². The van der Waals surface area contributed by atoms with Gasteiger partial charge in [0.1, 0.15) is 12.6 Å². The van der Waals surface area contributed by atoms with Gasteiger partial charge in [-0.3, -0.25) is 13.9 Å². The van der Waals surface area contributed by atoms with Crippen molar-refractivity contribution in [3.8, 4) is 0 Å². The first-order valence-electron chi connectivity index (χ1n) is 10.5. The lowest BCUT2D eigenvalue weighted by atomic mass is 10.1. The highest BCUT2D eigenvalue weighted by atomic mass is 35.5. The van der Waals surface area contributed by atoms with E-state index in [0.717, 1.165) is 21.7 Å². The summed E-state index contributed by atoms with van der Waals surface area (Å²) in [5.74, 6) is -0.787. The standard InChI is InChI=1S/C23H30ClN3O4S/c1-5-19-9-7-8-10-21(19)27(32(4,30)31)16-22(28)26(17(3)23(29)25-6-2)15-18-11-13-20(24)14-12-18/h7-14,17H,5-6,15-16H2,1-4H3,(H,25,29)/t17-/m0/s1. The molecule has 0 unspecified atom stereocenters. The molecule has 1 N–H and O–H groups in total. The second kappa shape index (κ2) is 11.3. The zero-order chi connectivity index (χ0) is 23.9. The summed E-state index contributed by atoms with van der Waals surface area (Å²) in [6.07, 6.45) is 1.68. The zero-order valence-electron chi connectivity index (χ0n) is 18.8. The van der Waals surface area contributed by atoms with Crippen molar-refractivity contribution in [2.45, 2.75) is 39.8 Å². The topological polar surface area (TPSA) is 86.8 Å². The van der Waals surface area contributed by atoms with E-state index in [4.69, 9.17) is 11.6 Å². The molecular formula is C23H30ClN3O4S. The molecule has 0 heterocycles. The number of benzene rings is 2. The molecule has 0 bridgehead atoms. The number of carbonyl (C=O) groups is 2. The predicted molar refractivity (Wildman–Crippen MR) is 128 cm³/mol. The van der Waals surface area contributed by atoms with Gasteiger partial charge in [0.2, 0.25) is 21.8 Å². The largest absolute Gasteiger partial charge is 0.355 e. The van der Waals surface area contributed by atoms with Crippen LogP contribution in [-0.4, -0.2) is 50.5 Å². The number of halogens is 1. The Morgan fingerprint density at radius 1 is 1.06 bits per heavy atom. The summed E-state index contributed by atoms with van der Waals surface area (Å²) in [6, 6.07) is 13.2. The number of aryl methyl sites for hydroxylation is 1. The van der Waals surface area contributed by atoms with E-state index in [0.29, 0.717) is 23.7 Å². The molecule has 0 aliphatic rings. The van der Waals surface area contributed by atoms with Crippen LogP contribution in [0.25, 0.3) is 0 Å². The van der Waals surface area contributed by atoms with Gasteiger partial charge in [-0.15, -0.1) is 0 Å². The van der Waals surface area contributed by atoms with Crippen LogP contribution < -0.4 is 9.62 Å². The van der Waals surface area contributed by atoms with Gasteiger partial charge in [0.25, 0.3) is 0 Å². The molecular weight excluding hydrogens is 450 g/mol. The number of rotatable bonds is 10. The summed E-state index contributed by atoms with van der Waals surface area (Å²) >= 11 is 5.96. The van der Waals surface area contributed by atoms with Crippen LogP contribution in [0, 0.1) is 0 Å². The maximum atomic E-state index is 13.4. The summed E-state index contributed by atoms with van der Waals surface area (Å²) in [5.41, 5.74) is 2.05. The number of anilines is 1. The fourth-order valence-corrected chi connectivity index (χ4v) is 4.35. The van der Waals surface area contributed by atoms with E-state index < -0.39 is 28.5 Å². The van der Waals surface area contributed by atoms with Crippen molar-refractivity contribution >= 4 is 39.1 Å². The van der Waals surface area contributed by atoms with Crippen molar-refractivity contribution in [1.82, 2.24) is 10.2 Å². The molecule has 7 nitrogen and oxygen atoms in total. The molecule has 2 aromatic rings. The third kappa shape index (κ3) is 6.71. The minimum absolute atomic E-state index is 0.140. The summed E-state index contributed by atoms with van der Waals surface area (Å²) < 4.78 is 26.3. The maximum Gasteiger partial charge on any atom is 0.244 e. The first-order chi connectivity index (χ1) is 15.1. The van der Waals surface area contributed by atoms with Gasteiger partial charge in [0.05, 0.1) is 11.9 Å². The highest BCUT2D eigenvalue weighted by Crippen LogP contribution is 2.24. The van der Waals surface area contributed by atoms with E-state index in [1.54, 1.807) is 50.2 Å². The van der Waals surface area contributed by atoms with Crippen LogP contribution in [0.15, 0.2) is 48.5 Å². The van der Waals surface area contributed by atoms with E-state index in [9.17, 15) is 18.0 Å². The van der Waals surface area contributed by atoms with Gasteiger partial charge in [-0.1, -0.05) is 48.9 Å². The summed E-state index contributed by atoms with van der Waals surface area (Å²) in [7, 11) is -3.75. The van der Waals surface area contributed by atoms with E-state index in [-0.39, 0.29) is 12.5 Å². The van der Waals surface area contributed by atoms with Crippen molar-refractivity contribution < 1.29 is 18.0 Å². The number of hydrogen-bond donors (Lipinski definition) is 1. The number of hydrogen-bond acceptors (Lipinski definition) is 4. The third-order valence-electron chi connectivity index (χ3n) is 5.10. The summed E-state index contributed by atoms with van der Waals surface area (Å²) in [4.78, 5) is 27.3. The third-order valence-corrected chi connectivity index (χ3v) is 6.48. The van der Waals surface area contributed by atoms with Crippen molar-refractivity contribution in [1.29, 1.82) is 0 Å². The summed E-state index contributed by atoms with van der Waals surface area (Å²) in [6.45, 7) is 5.50. The highest BCUT2D eigenvalue weighted by Gasteiger charge is 2.30. The lowest BCUT2D eigenvalue weighted by Gasteiger charge is -2.32. The Kier molecular flexibility index (Phi) is 9.09. The number of likely N-dealkylation sites (N-methyl/N-ethyl adjacent to an activating group) is 1. The quantitative estimate of drug-likeness (QED) is 0.566. The number of nitrogens with zero attached hydrogens (tertiary/aromatic N) is 2. The zero-order valence-corrected chi connectivity index (χ0v) is 20.4. The second-order valence-corrected chi connectivity index (χ2v) is 9.81. The minimum Gasteiger partial charge on any atom is -0.355 e. The van der Waals surface area contributed by atoms with Crippen LogP contribution in [-0.2, 0) is 32.6 Å². The first-order valence-corrected chi connectivity index (χ1v) is 12.7. The Hall–Kier alpha value is -2.58. The monoisotopic (exact) mass is 479 g/mol. The fourth-order valence-electron chi connectivity index (χ4n) is 3.34. The molecule has 0 aliphatic heterocycles. The molecule has 2 amide bonds. The molecule has 174 valence electrons. The highest BCUT2D eigenvalue weighted by molar-refractivity contribution is 7.92. The molecule has 2 aromatic carbocycles. The van der Waals surface area contributed by atoms with Gasteiger partial charge in [-0.2, -0.15) is 0 Å². The van der Waals surface area contributed by atoms with Gasteiger partial charge in [0, 0.05) is 18.1 Å².